The Labute approximate surface area is 95.8 Å². The highest BCUT2D eigenvalue weighted by molar-refractivity contribution is 5.91. The first-order chi connectivity index (χ1) is 7.69. The van der Waals surface area contributed by atoms with Crippen LogP contribution in [0.5, 0.6) is 0 Å². The minimum atomic E-state index is -0.349. The van der Waals surface area contributed by atoms with E-state index in [1.165, 1.54) is 7.11 Å². The van der Waals surface area contributed by atoms with Crippen LogP contribution < -0.4 is 11.1 Å². The van der Waals surface area contributed by atoms with E-state index in [0.717, 1.165) is 25.1 Å². The Kier molecular flexibility index (Phi) is 4.64. The molecule has 1 rings (SSSR count). The van der Waals surface area contributed by atoms with Gasteiger partial charge in [-0.05, 0) is 24.6 Å². The van der Waals surface area contributed by atoms with Crippen LogP contribution in [-0.2, 0) is 4.74 Å². The van der Waals surface area contributed by atoms with E-state index in [1.54, 1.807) is 18.2 Å². The number of hydrogen-bond donors (Lipinski definition) is 2. The zero-order valence-electron chi connectivity index (χ0n) is 9.75. The lowest BCUT2D eigenvalue weighted by Gasteiger charge is -2.10. The van der Waals surface area contributed by atoms with Crippen LogP contribution in [0.15, 0.2) is 18.2 Å². The Morgan fingerprint density at radius 1 is 1.50 bits per heavy atom. The van der Waals surface area contributed by atoms with Crippen LogP contribution in [0.3, 0.4) is 0 Å². The lowest BCUT2D eigenvalue weighted by Crippen LogP contribution is -2.07. The van der Waals surface area contributed by atoms with Crippen molar-refractivity contribution in [3.05, 3.63) is 23.8 Å². The molecule has 1 aromatic rings. The standard InChI is InChI=1S/C12H18N2O2/c1-3-4-7-14-11-8-9(12(15)16-2)5-6-10(11)13/h5-6,8,14H,3-4,7,13H2,1-2H3. The van der Waals surface area contributed by atoms with Gasteiger partial charge in [0, 0.05) is 6.54 Å². The smallest absolute Gasteiger partial charge is 0.337 e. The topological polar surface area (TPSA) is 64.3 Å². The molecule has 0 aromatic heterocycles. The van der Waals surface area contributed by atoms with E-state index >= 15 is 0 Å². The van der Waals surface area contributed by atoms with Crippen molar-refractivity contribution in [1.29, 1.82) is 0 Å². The Hall–Kier alpha value is -1.71. The Bertz CT molecular complexity index is 364. The zero-order valence-corrected chi connectivity index (χ0v) is 9.75. The maximum Gasteiger partial charge on any atom is 0.337 e. The van der Waals surface area contributed by atoms with Gasteiger partial charge in [-0.15, -0.1) is 0 Å². The monoisotopic (exact) mass is 222 g/mol. The minimum Gasteiger partial charge on any atom is -0.465 e. The van der Waals surface area contributed by atoms with Crippen LogP contribution in [0, 0.1) is 0 Å². The van der Waals surface area contributed by atoms with Crippen LogP contribution in [0.25, 0.3) is 0 Å². The van der Waals surface area contributed by atoms with Crippen molar-refractivity contribution in [2.45, 2.75) is 19.8 Å². The SMILES string of the molecule is CCCCNc1cc(C(=O)OC)ccc1N. The van der Waals surface area contributed by atoms with E-state index in [-0.39, 0.29) is 5.97 Å². The second kappa shape index (κ2) is 6.00. The summed E-state index contributed by atoms with van der Waals surface area (Å²) in [5, 5.41) is 3.20. The van der Waals surface area contributed by atoms with Crippen molar-refractivity contribution in [2.75, 3.05) is 24.7 Å². The molecule has 0 unspecified atom stereocenters. The third-order valence-electron chi connectivity index (χ3n) is 2.32. The molecule has 16 heavy (non-hydrogen) atoms. The van der Waals surface area contributed by atoms with Gasteiger partial charge >= 0.3 is 5.97 Å². The largest absolute Gasteiger partial charge is 0.465 e. The second-order valence-electron chi connectivity index (χ2n) is 3.57. The molecule has 88 valence electrons. The molecule has 0 saturated heterocycles. The van der Waals surface area contributed by atoms with Crippen molar-refractivity contribution in [1.82, 2.24) is 0 Å². The predicted octanol–water partition coefficient (Wildman–Crippen LogP) is 2.27. The molecule has 0 aliphatic rings. The first kappa shape index (κ1) is 12.4. The summed E-state index contributed by atoms with van der Waals surface area (Å²) in [6.45, 7) is 2.97. The summed E-state index contributed by atoms with van der Waals surface area (Å²) in [5.41, 5.74) is 7.74. The molecule has 1 aromatic carbocycles. The number of hydrogen-bond acceptors (Lipinski definition) is 4. The summed E-state index contributed by atoms with van der Waals surface area (Å²) in [6.07, 6.45) is 2.19. The van der Waals surface area contributed by atoms with Crippen LogP contribution in [0.2, 0.25) is 0 Å². The van der Waals surface area contributed by atoms with Gasteiger partial charge in [-0.2, -0.15) is 0 Å². The van der Waals surface area contributed by atoms with Crippen molar-refractivity contribution in [3.8, 4) is 0 Å². The Morgan fingerprint density at radius 2 is 2.25 bits per heavy atom. The molecule has 0 saturated carbocycles. The maximum absolute atomic E-state index is 11.3. The van der Waals surface area contributed by atoms with Gasteiger partial charge in [0.25, 0.3) is 0 Å². The van der Waals surface area contributed by atoms with Crippen molar-refractivity contribution in [3.63, 3.8) is 0 Å². The Morgan fingerprint density at radius 3 is 2.88 bits per heavy atom. The van der Waals surface area contributed by atoms with Crippen molar-refractivity contribution >= 4 is 17.3 Å². The number of benzene rings is 1. The summed E-state index contributed by atoms with van der Waals surface area (Å²) in [7, 11) is 1.36. The predicted molar refractivity (Wildman–Crippen MR) is 65.6 cm³/mol. The highest BCUT2D eigenvalue weighted by Crippen LogP contribution is 2.20. The molecule has 4 heteroatoms. The van der Waals surface area contributed by atoms with Crippen LogP contribution in [0.1, 0.15) is 30.1 Å². The van der Waals surface area contributed by atoms with Gasteiger partial charge in [0.1, 0.15) is 0 Å². The highest BCUT2D eigenvalue weighted by atomic mass is 16.5. The summed E-state index contributed by atoms with van der Waals surface area (Å²) < 4.78 is 4.65. The number of carbonyl (C=O) groups is 1. The fraction of sp³-hybridized carbons (Fsp3) is 0.417. The molecule has 0 aliphatic heterocycles. The molecule has 0 amide bonds. The highest BCUT2D eigenvalue weighted by Gasteiger charge is 2.07. The number of nitrogen functional groups attached to an aromatic ring is 1. The number of rotatable bonds is 5. The summed E-state index contributed by atoms with van der Waals surface area (Å²) in [4.78, 5) is 11.3. The van der Waals surface area contributed by atoms with Crippen molar-refractivity contribution < 1.29 is 9.53 Å². The summed E-state index contributed by atoms with van der Waals surface area (Å²) in [6, 6.07) is 5.09. The molecule has 0 fully saturated rings. The van der Waals surface area contributed by atoms with E-state index in [1.807, 2.05) is 0 Å². The lowest BCUT2D eigenvalue weighted by molar-refractivity contribution is 0.0601. The Balaban J connectivity index is 2.78. The van der Waals surface area contributed by atoms with Crippen LogP contribution in [-0.4, -0.2) is 19.6 Å². The van der Waals surface area contributed by atoms with E-state index in [0.29, 0.717) is 11.3 Å². The number of carbonyl (C=O) groups excluding carboxylic acids is 1. The van der Waals surface area contributed by atoms with Gasteiger partial charge in [-0.25, -0.2) is 4.79 Å². The summed E-state index contributed by atoms with van der Waals surface area (Å²) >= 11 is 0. The van der Waals surface area contributed by atoms with E-state index < -0.39 is 0 Å². The fourth-order valence-electron chi connectivity index (χ4n) is 1.35. The quantitative estimate of drug-likeness (QED) is 0.455. The van der Waals surface area contributed by atoms with Gasteiger partial charge in [0.05, 0.1) is 24.0 Å². The average Bonchev–Trinajstić information content (AvgIpc) is 2.31. The number of methoxy groups -OCH3 is 1. The number of nitrogens with two attached hydrogens (primary N) is 1. The van der Waals surface area contributed by atoms with Gasteiger partial charge in [-0.3, -0.25) is 0 Å². The second-order valence-corrected chi connectivity index (χ2v) is 3.57. The fourth-order valence-corrected chi connectivity index (χ4v) is 1.35. The average molecular weight is 222 g/mol. The number of esters is 1. The third kappa shape index (κ3) is 3.15. The molecule has 0 aliphatic carbocycles. The molecule has 0 heterocycles. The van der Waals surface area contributed by atoms with Gasteiger partial charge in [0.2, 0.25) is 0 Å². The van der Waals surface area contributed by atoms with Crippen LogP contribution in [0.4, 0.5) is 11.4 Å². The van der Waals surface area contributed by atoms with E-state index in [2.05, 4.69) is 17.0 Å². The van der Waals surface area contributed by atoms with Crippen LogP contribution >= 0.6 is 0 Å². The van der Waals surface area contributed by atoms with Crippen molar-refractivity contribution in [2.24, 2.45) is 0 Å². The first-order valence-electron chi connectivity index (χ1n) is 5.40. The zero-order chi connectivity index (χ0) is 12.0. The van der Waals surface area contributed by atoms with Gasteiger partial charge < -0.3 is 15.8 Å². The number of nitrogens with one attached hydrogen (secondary N) is 1. The molecule has 0 radical (unpaired) electrons. The number of unbranched alkanes of at least 4 members (excludes halogenated alkanes) is 1. The molecular weight excluding hydrogens is 204 g/mol. The number of ether oxygens (including phenoxy) is 1. The first-order valence-corrected chi connectivity index (χ1v) is 5.40. The molecule has 3 N–H and O–H groups in total. The normalized spacial score (nSPS) is 9.88. The molecule has 0 spiro atoms. The molecule has 4 nitrogen and oxygen atoms in total. The third-order valence-corrected chi connectivity index (χ3v) is 2.32. The maximum atomic E-state index is 11.3. The lowest BCUT2D eigenvalue weighted by atomic mass is 10.1. The molecular formula is C12H18N2O2. The van der Waals surface area contributed by atoms with Gasteiger partial charge in [-0.1, -0.05) is 13.3 Å². The van der Waals surface area contributed by atoms with Gasteiger partial charge in [0.15, 0.2) is 0 Å². The molecule has 0 bridgehead atoms. The number of anilines is 2. The van der Waals surface area contributed by atoms with E-state index in [9.17, 15) is 4.79 Å². The molecule has 0 atom stereocenters. The summed E-state index contributed by atoms with van der Waals surface area (Å²) in [5.74, 6) is -0.349. The minimum absolute atomic E-state index is 0.349. The van der Waals surface area contributed by atoms with E-state index in [4.69, 9.17) is 5.73 Å².